The molecule has 1 amide bonds. The van der Waals surface area contributed by atoms with Gasteiger partial charge in [-0.15, -0.1) is 11.3 Å². The van der Waals surface area contributed by atoms with Gasteiger partial charge in [-0.1, -0.05) is 18.2 Å². The highest BCUT2D eigenvalue weighted by Gasteiger charge is 2.26. The van der Waals surface area contributed by atoms with Crippen molar-refractivity contribution in [2.24, 2.45) is 0 Å². The lowest BCUT2D eigenvalue weighted by atomic mass is 10.1. The van der Waals surface area contributed by atoms with E-state index in [1.165, 1.54) is 17.8 Å². The first-order valence-corrected chi connectivity index (χ1v) is 7.97. The first kappa shape index (κ1) is 14.1. The van der Waals surface area contributed by atoms with Crippen molar-refractivity contribution in [3.63, 3.8) is 0 Å². The smallest absolute Gasteiger partial charge is 0.224 e. The average molecular weight is 302 g/mol. The molecule has 3 rings (SSSR count). The zero-order valence-corrected chi connectivity index (χ0v) is 12.8. The van der Waals surface area contributed by atoms with Crippen molar-refractivity contribution in [2.75, 3.05) is 7.11 Å². The molecule has 1 heterocycles. The first-order valence-electron chi connectivity index (χ1n) is 7.09. The number of amides is 1. The number of methoxy groups -OCH3 is 1. The van der Waals surface area contributed by atoms with Crippen LogP contribution in [-0.2, 0) is 17.8 Å². The lowest BCUT2D eigenvalue weighted by Gasteiger charge is -2.08. The lowest BCUT2D eigenvalue weighted by molar-refractivity contribution is -0.120. The van der Waals surface area contributed by atoms with E-state index in [2.05, 4.69) is 10.3 Å². The van der Waals surface area contributed by atoms with Gasteiger partial charge in [0.15, 0.2) is 0 Å². The summed E-state index contributed by atoms with van der Waals surface area (Å²) >= 11 is 1.70. The van der Waals surface area contributed by atoms with Gasteiger partial charge in [0.2, 0.25) is 5.91 Å². The van der Waals surface area contributed by atoms with E-state index in [1.807, 2.05) is 29.6 Å². The van der Waals surface area contributed by atoms with E-state index in [0.717, 1.165) is 17.0 Å². The third kappa shape index (κ3) is 3.61. The highest BCUT2D eigenvalue weighted by Crippen LogP contribution is 2.41. The van der Waals surface area contributed by atoms with E-state index >= 15 is 0 Å². The molecule has 5 heteroatoms. The Morgan fingerprint density at radius 3 is 3.00 bits per heavy atom. The number of thiazole rings is 1. The number of para-hydroxylation sites is 1. The van der Waals surface area contributed by atoms with Crippen LogP contribution in [0.4, 0.5) is 0 Å². The number of rotatable bonds is 6. The molecule has 1 aliphatic rings. The Labute approximate surface area is 128 Å². The molecule has 0 unspecified atom stereocenters. The molecule has 4 nitrogen and oxygen atoms in total. The molecular formula is C16H18N2O2S. The standard InChI is InChI=1S/C16H18N2O2S/c1-20-14-5-3-2-4-12(14)8-15(19)17-9-13-10-21-16(18-13)11-6-7-11/h2-5,10-11H,6-9H2,1H3,(H,17,19). The summed E-state index contributed by atoms with van der Waals surface area (Å²) < 4.78 is 5.25. The SMILES string of the molecule is COc1ccccc1CC(=O)NCc1csc(C2CC2)n1. The van der Waals surface area contributed by atoms with E-state index in [4.69, 9.17) is 4.74 Å². The highest BCUT2D eigenvalue weighted by atomic mass is 32.1. The number of benzene rings is 1. The molecule has 1 saturated carbocycles. The van der Waals surface area contributed by atoms with E-state index < -0.39 is 0 Å². The van der Waals surface area contributed by atoms with Gasteiger partial charge in [0.05, 0.1) is 30.8 Å². The zero-order chi connectivity index (χ0) is 14.7. The van der Waals surface area contributed by atoms with Crippen LogP contribution in [-0.4, -0.2) is 18.0 Å². The molecule has 1 aromatic carbocycles. The molecular weight excluding hydrogens is 284 g/mol. The second-order valence-corrected chi connectivity index (χ2v) is 6.11. The molecule has 0 spiro atoms. The van der Waals surface area contributed by atoms with Crippen LogP contribution in [0.25, 0.3) is 0 Å². The van der Waals surface area contributed by atoms with Gasteiger partial charge >= 0.3 is 0 Å². The van der Waals surface area contributed by atoms with E-state index in [0.29, 0.717) is 18.9 Å². The van der Waals surface area contributed by atoms with E-state index in [-0.39, 0.29) is 5.91 Å². The van der Waals surface area contributed by atoms with Crippen LogP contribution in [0.5, 0.6) is 5.75 Å². The van der Waals surface area contributed by atoms with Crippen LogP contribution >= 0.6 is 11.3 Å². The number of nitrogens with one attached hydrogen (secondary N) is 1. The van der Waals surface area contributed by atoms with Gasteiger partial charge in [0, 0.05) is 16.9 Å². The Morgan fingerprint density at radius 2 is 2.24 bits per heavy atom. The maximum Gasteiger partial charge on any atom is 0.224 e. The predicted molar refractivity (Wildman–Crippen MR) is 82.6 cm³/mol. The van der Waals surface area contributed by atoms with Gasteiger partial charge in [-0.2, -0.15) is 0 Å². The molecule has 0 saturated heterocycles. The Morgan fingerprint density at radius 1 is 1.43 bits per heavy atom. The molecule has 0 radical (unpaired) electrons. The Hall–Kier alpha value is -1.88. The normalized spacial score (nSPS) is 14.0. The number of carbonyl (C=O) groups is 1. The number of aromatic nitrogens is 1. The highest BCUT2D eigenvalue weighted by molar-refractivity contribution is 7.09. The molecule has 0 aliphatic heterocycles. The number of hydrogen-bond donors (Lipinski definition) is 1. The van der Waals surface area contributed by atoms with Gasteiger partial charge in [0.1, 0.15) is 5.75 Å². The third-order valence-corrected chi connectivity index (χ3v) is 4.56. The summed E-state index contributed by atoms with van der Waals surface area (Å²) in [6.45, 7) is 0.497. The minimum atomic E-state index is -0.0135. The Kier molecular flexibility index (Phi) is 4.20. The molecule has 1 aromatic heterocycles. The quantitative estimate of drug-likeness (QED) is 0.892. The minimum absolute atomic E-state index is 0.0135. The predicted octanol–water partition coefficient (Wildman–Crippen LogP) is 2.89. The van der Waals surface area contributed by atoms with Crippen LogP contribution in [0, 0.1) is 0 Å². The third-order valence-electron chi connectivity index (χ3n) is 3.51. The number of hydrogen-bond acceptors (Lipinski definition) is 4. The summed E-state index contributed by atoms with van der Waals surface area (Å²) in [5.74, 6) is 1.41. The van der Waals surface area contributed by atoms with E-state index in [1.54, 1.807) is 18.4 Å². The maximum atomic E-state index is 12.0. The fraction of sp³-hybridized carbons (Fsp3) is 0.375. The van der Waals surface area contributed by atoms with Crippen molar-refractivity contribution in [1.82, 2.24) is 10.3 Å². The molecule has 21 heavy (non-hydrogen) atoms. The van der Waals surface area contributed by atoms with Gasteiger partial charge in [-0.3, -0.25) is 4.79 Å². The molecule has 2 aromatic rings. The summed E-state index contributed by atoms with van der Waals surface area (Å²) in [4.78, 5) is 16.6. The summed E-state index contributed by atoms with van der Waals surface area (Å²) in [5, 5.41) is 6.17. The fourth-order valence-corrected chi connectivity index (χ4v) is 3.19. The van der Waals surface area contributed by atoms with E-state index in [9.17, 15) is 4.79 Å². The van der Waals surface area contributed by atoms with Crippen LogP contribution in [0.15, 0.2) is 29.6 Å². The Balaban J connectivity index is 1.53. The Bertz CT molecular complexity index is 635. The zero-order valence-electron chi connectivity index (χ0n) is 12.0. The summed E-state index contributed by atoms with van der Waals surface area (Å²) in [7, 11) is 1.62. The van der Waals surface area contributed by atoms with Crippen LogP contribution in [0.3, 0.4) is 0 Å². The molecule has 110 valence electrons. The summed E-state index contributed by atoms with van der Waals surface area (Å²) in [5.41, 5.74) is 1.85. The largest absolute Gasteiger partial charge is 0.496 e. The van der Waals surface area contributed by atoms with Gasteiger partial charge in [-0.25, -0.2) is 4.98 Å². The summed E-state index contributed by atoms with van der Waals surface area (Å²) in [6, 6.07) is 7.58. The number of carbonyl (C=O) groups excluding carboxylic acids is 1. The van der Waals surface area contributed by atoms with Crippen LogP contribution < -0.4 is 10.1 Å². The van der Waals surface area contributed by atoms with Crippen LogP contribution in [0.2, 0.25) is 0 Å². The monoisotopic (exact) mass is 302 g/mol. The molecule has 1 aliphatic carbocycles. The topological polar surface area (TPSA) is 51.2 Å². The number of nitrogens with zero attached hydrogens (tertiary/aromatic N) is 1. The second-order valence-electron chi connectivity index (χ2n) is 5.22. The van der Waals surface area contributed by atoms with Crippen molar-refractivity contribution < 1.29 is 9.53 Å². The first-order chi connectivity index (χ1) is 10.3. The van der Waals surface area contributed by atoms with Crippen molar-refractivity contribution in [3.8, 4) is 5.75 Å². The molecule has 0 atom stereocenters. The fourth-order valence-electron chi connectivity index (χ4n) is 2.20. The van der Waals surface area contributed by atoms with Crippen molar-refractivity contribution in [1.29, 1.82) is 0 Å². The van der Waals surface area contributed by atoms with Crippen molar-refractivity contribution >= 4 is 17.2 Å². The molecule has 0 bridgehead atoms. The maximum absolute atomic E-state index is 12.0. The van der Waals surface area contributed by atoms with Gasteiger partial charge in [0.25, 0.3) is 0 Å². The minimum Gasteiger partial charge on any atom is -0.496 e. The average Bonchev–Trinajstić information content (AvgIpc) is 3.25. The number of ether oxygens (including phenoxy) is 1. The lowest BCUT2D eigenvalue weighted by Crippen LogP contribution is -2.24. The van der Waals surface area contributed by atoms with Crippen molar-refractivity contribution in [3.05, 3.63) is 45.9 Å². The second kappa shape index (κ2) is 6.26. The van der Waals surface area contributed by atoms with Gasteiger partial charge in [-0.05, 0) is 18.9 Å². The van der Waals surface area contributed by atoms with Crippen molar-refractivity contribution in [2.45, 2.75) is 31.7 Å². The van der Waals surface area contributed by atoms with Crippen LogP contribution in [0.1, 0.15) is 35.0 Å². The van der Waals surface area contributed by atoms with Gasteiger partial charge < -0.3 is 10.1 Å². The summed E-state index contributed by atoms with van der Waals surface area (Å²) in [6.07, 6.45) is 2.84. The molecule has 1 N–H and O–H groups in total. The molecule has 1 fully saturated rings.